The summed E-state index contributed by atoms with van der Waals surface area (Å²) in [5.41, 5.74) is 0. The Balaban J connectivity index is 2.29. The number of rotatable bonds is 3. The van der Waals surface area contributed by atoms with Gasteiger partial charge in [-0.25, -0.2) is 0 Å². The number of hydrogen-bond acceptors (Lipinski definition) is 2. The van der Waals surface area contributed by atoms with E-state index in [0.29, 0.717) is 6.04 Å². The van der Waals surface area contributed by atoms with Crippen LogP contribution in [0.4, 0.5) is 0 Å². The van der Waals surface area contributed by atoms with Gasteiger partial charge in [0.1, 0.15) is 0 Å². The van der Waals surface area contributed by atoms with E-state index in [1.165, 1.54) is 25.9 Å². The van der Waals surface area contributed by atoms with E-state index in [-0.39, 0.29) is 0 Å². The van der Waals surface area contributed by atoms with Gasteiger partial charge in [-0.2, -0.15) is 0 Å². The van der Waals surface area contributed by atoms with Crippen LogP contribution in [0.2, 0.25) is 0 Å². The van der Waals surface area contributed by atoms with Gasteiger partial charge in [-0.15, -0.1) is 0 Å². The fraction of sp³-hybridized carbons (Fsp3) is 1.00. The molecule has 1 heterocycles. The molecule has 12 heavy (non-hydrogen) atoms. The van der Waals surface area contributed by atoms with E-state index >= 15 is 0 Å². The van der Waals surface area contributed by atoms with Crippen LogP contribution in [0.3, 0.4) is 0 Å². The van der Waals surface area contributed by atoms with Crippen LogP contribution in [-0.4, -0.2) is 37.7 Å². The number of nitrogens with zero attached hydrogens (tertiary/aromatic N) is 1. The van der Waals surface area contributed by atoms with Gasteiger partial charge in [0.05, 0.1) is 6.61 Å². The maximum atomic E-state index is 5.15. The number of likely N-dealkylation sites (tertiary alicyclic amines) is 1. The molecule has 0 radical (unpaired) electrons. The molecule has 0 aromatic carbocycles. The molecular formula is C10H21NO. The summed E-state index contributed by atoms with van der Waals surface area (Å²) in [6.45, 7) is 7.97. The summed E-state index contributed by atoms with van der Waals surface area (Å²) in [6, 6.07) is 0.595. The molecule has 2 atom stereocenters. The molecule has 1 unspecified atom stereocenters. The zero-order chi connectivity index (χ0) is 8.97. The first-order valence-electron chi connectivity index (χ1n) is 4.97. The molecule has 0 bridgehead atoms. The van der Waals surface area contributed by atoms with Crippen molar-refractivity contribution in [3.05, 3.63) is 0 Å². The third-order valence-corrected chi connectivity index (χ3v) is 2.72. The Bertz CT molecular complexity index is 127. The molecule has 1 saturated heterocycles. The Kier molecular flexibility index (Phi) is 4.02. The van der Waals surface area contributed by atoms with Crippen LogP contribution < -0.4 is 0 Å². The summed E-state index contributed by atoms with van der Waals surface area (Å²) >= 11 is 0. The van der Waals surface area contributed by atoms with Crippen LogP contribution in [0.25, 0.3) is 0 Å². The Morgan fingerprint density at radius 1 is 1.58 bits per heavy atom. The first-order chi connectivity index (χ1) is 5.74. The van der Waals surface area contributed by atoms with Crippen LogP contribution in [-0.2, 0) is 4.74 Å². The van der Waals surface area contributed by atoms with Crippen molar-refractivity contribution in [2.75, 3.05) is 26.8 Å². The quantitative estimate of drug-likeness (QED) is 0.641. The molecule has 0 aliphatic carbocycles. The fourth-order valence-electron chi connectivity index (χ4n) is 1.97. The van der Waals surface area contributed by atoms with Crippen LogP contribution in [0.1, 0.15) is 26.7 Å². The van der Waals surface area contributed by atoms with Crippen molar-refractivity contribution >= 4 is 0 Å². The summed E-state index contributed by atoms with van der Waals surface area (Å²) in [5, 5.41) is 0. The molecular weight excluding hydrogens is 150 g/mol. The summed E-state index contributed by atoms with van der Waals surface area (Å²) in [5.74, 6) is 0.873. The van der Waals surface area contributed by atoms with Gasteiger partial charge in [0.15, 0.2) is 0 Å². The summed E-state index contributed by atoms with van der Waals surface area (Å²) < 4.78 is 5.15. The van der Waals surface area contributed by atoms with Crippen molar-refractivity contribution in [1.29, 1.82) is 0 Å². The second-order valence-corrected chi connectivity index (χ2v) is 4.05. The molecule has 1 fully saturated rings. The van der Waals surface area contributed by atoms with Crippen molar-refractivity contribution in [1.82, 2.24) is 4.90 Å². The molecule has 0 spiro atoms. The van der Waals surface area contributed by atoms with Gasteiger partial charge >= 0.3 is 0 Å². The lowest BCUT2D eigenvalue weighted by atomic mass is 9.99. The first kappa shape index (κ1) is 10.0. The minimum atomic E-state index is 0.595. The molecule has 2 nitrogen and oxygen atoms in total. The lowest BCUT2D eigenvalue weighted by Crippen LogP contribution is -2.42. The summed E-state index contributed by atoms with van der Waals surface area (Å²) in [7, 11) is 1.78. The summed E-state index contributed by atoms with van der Waals surface area (Å²) in [4.78, 5) is 2.54. The number of hydrogen-bond donors (Lipinski definition) is 0. The average Bonchev–Trinajstić information content (AvgIpc) is 2.05. The molecule has 0 N–H and O–H groups in total. The molecule has 1 rings (SSSR count). The van der Waals surface area contributed by atoms with Crippen LogP contribution in [0.15, 0.2) is 0 Å². The van der Waals surface area contributed by atoms with Crippen LogP contribution in [0, 0.1) is 5.92 Å². The van der Waals surface area contributed by atoms with Gasteiger partial charge in [-0.05, 0) is 32.2 Å². The zero-order valence-corrected chi connectivity index (χ0v) is 8.55. The monoisotopic (exact) mass is 171 g/mol. The second-order valence-electron chi connectivity index (χ2n) is 4.05. The first-order valence-corrected chi connectivity index (χ1v) is 4.97. The lowest BCUT2D eigenvalue weighted by Gasteiger charge is -2.35. The van der Waals surface area contributed by atoms with Crippen molar-refractivity contribution in [3.63, 3.8) is 0 Å². The highest BCUT2D eigenvalue weighted by molar-refractivity contribution is 4.74. The molecule has 2 heteroatoms. The Labute approximate surface area is 75.9 Å². The summed E-state index contributed by atoms with van der Waals surface area (Å²) in [6.07, 6.45) is 2.76. The smallest absolute Gasteiger partial charge is 0.0615 e. The van der Waals surface area contributed by atoms with Gasteiger partial charge in [-0.3, -0.25) is 4.90 Å². The maximum Gasteiger partial charge on any atom is 0.0615 e. The van der Waals surface area contributed by atoms with E-state index in [9.17, 15) is 0 Å². The third kappa shape index (κ3) is 2.76. The zero-order valence-electron chi connectivity index (χ0n) is 8.55. The van der Waals surface area contributed by atoms with E-state index in [4.69, 9.17) is 4.74 Å². The molecule has 0 amide bonds. The highest BCUT2D eigenvalue weighted by atomic mass is 16.5. The van der Waals surface area contributed by atoms with Crippen molar-refractivity contribution < 1.29 is 4.74 Å². The topological polar surface area (TPSA) is 12.5 Å². The Morgan fingerprint density at radius 3 is 2.92 bits per heavy atom. The number of methoxy groups -OCH3 is 1. The van der Waals surface area contributed by atoms with Crippen molar-refractivity contribution in [2.45, 2.75) is 32.7 Å². The fourth-order valence-corrected chi connectivity index (χ4v) is 1.97. The molecule has 0 aromatic heterocycles. The molecule has 0 aromatic rings. The highest BCUT2D eigenvalue weighted by Crippen LogP contribution is 2.17. The van der Waals surface area contributed by atoms with Gasteiger partial charge in [0.2, 0.25) is 0 Å². The molecule has 0 saturated carbocycles. The van der Waals surface area contributed by atoms with E-state index in [1.807, 2.05) is 0 Å². The minimum absolute atomic E-state index is 0.595. The standard InChI is InChI=1S/C10H21NO/c1-9-5-4-6-11(7-9)10(2)8-12-3/h9-10H,4-8H2,1-3H3/t9-,10?/m0/s1. The van der Waals surface area contributed by atoms with Gasteiger partial charge in [0, 0.05) is 19.7 Å². The largest absolute Gasteiger partial charge is 0.383 e. The van der Waals surface area contributed by atoms with Crippen LogP contribution in [0.5, 0.6) is 0 Å². The van der Waals surface area contributed by atoms with E-state index < -0.39 is 0 Å². The molecule has 72 valence electrons. The number of ether oxygens (including phenoxy) is 1. The van der Waals surface area contributed by atoms with E-state index in [1.54, 1.807) is 7.11 Å². The predicted molar refractivity (Wildman–Crippen MR) is 51.3 cm³/mol. The van der Waals surface area contributed by atoms with E-state index in [0.717, 1.165) is 12.5 Å². The normalized spacial score (nSPS) is 28.8. The average molecular weight is 171 g/mol. The van der Waals surface area contributed by atoms with Crippen LogP contribution >= 0.6 is 0 Å². The number of piperidine rings is 1. The van der Waals surface area contributed by atoms with Gasteiger partial charge in [0.25, 0.3) is 0 Å². The van der Waals surface area contributed by atoms with Crippen molar-refractivity contribution in [3.8, 4) is 0 Å². The third-order valence-electron chi connectivity index (χ3n) is 2.72. The van der Waals surface area contributed by atoms with Crippen molar-refractivity contribution in [2.24, 2.45) is 5.92 Å². The molecule has 1 aliphatic heterocycles. The predicted octanol–water partition coefficient (Wildman–Crippen LogP) is 1.75. The minimum Gasteiger partial charge on any atom is -0.383 e. The SMILES string of the molecule is COCC(C)N1CCC[C@H](C)C1. The van der Waals surface area contributed by atoms with Gasteiger partial charge < -0.3 is 4.74 Å². The maximum absolute atomic E-state index is 5.15. The van der Waals surface area contributed by atoms with Gasteiger partial charge in [-0.1, -0.05) is 6.92 Å². The molecule has 1 aliphatic rings. The Hall–Kier alpha value is -0.0800. The lowest BCUT2D eigenvalue weighted by molar-refractivity contribution is 0.0714. The van der Waals surface area contributed by atoms with E-state index in [2.05, 4.69) is 18.7 Å². The highest BCUT2D eigenvalue weighted by Gasteiger charge is 2.20. The Morgan fingerprint density at radius 2 is 2.33 bits per heavy atom. The second kappa shape index (κ2) is 4.83.